The van der Waals surface area contributed by atoms with Crippen LogP contribution in [-0.4, -0.2) is 87.3 Å². The number of hydrogen-bond acceptors (Lipinski definition) is 10. The maximum Gasteiger partial charge on any atom is 0.408 e. The van der Waals surface area contributed by atoms with Crippen LogP contribution < -0.4 is 20.7 Å². The Labute approximate surface area is 352 Å². The quantitative estimate of drug-likeness (QED) is 0.154. The molecule has 14 nitrogen and oxygen atoms in total. The van der Waals surface area contributed by atoms with Crippen LogP contribution in [-0.2, 0) is 25.5 Å². The molecule has 60 heavy (non-hydrogen) atoms. The number of allylic oxidation sites excluding steroid dienone is 2. The SMILES string of the molecule is COc1ccc2c(CC3CN4C(=O)C(NC(=O)OC5CCCC5)CCCCCCC/C=C\CC5CC5(C(=O)O)NC(=O)C4C3(C)C)cc(-c3coc(NC(C)C)n3)nc2c1. The molecule has 1 aromatic carbocycles. The number of ether oxygens (including phenoxy) is 2. The van der Waals surface area contributed by atoms with Crippen molar-refractivity contribution in [3.05, 3.63) is 48.2 Å². The number of amides is 3. The number of alkyl carbamates (subject to hydrolysis) is 1. The molecule has 3 amide bonds. The van der Waals surface area contributed by atoms with Crippen molar-refractivity contribution in [2.45, 2.75) is 147 Å². The van der Waals surface area contributed by atoms with E-state index < -0.39 is 41.0 Å². The predicted octanol–water partition coefficient (Wildman–Crippen LogP) is 7.80. The van der Waals surface area contributed by atoms with Gasteiger partial charge in [-0.3, -0.25) is 9.59 Å². The maximum absolute atomic E-state index is 15.0. The Morgan fingerprint density at radius 2 is 1.75 bits per heavy atom. The zero-order valence-electron chi connectivity index (χ0n) is 35.8. The molecule has 5 unspecified atom stereocenters. The number of carbonyl (C=O) groups excluding carboxylic acids is 3. The summed E-state index contributed by atoms with van der Waals surface area (Å²) in [7, 11) is 1.60. The minimum absolute atomic E-state index is 0.109. The third kappa shape index (κ3) is 9.42. The van der Waals surface area contributed by atoms with E-state index in [1.54, 1.807) is 18.3 Å². The molecular formula is C46H62N6O8. The van der Waals surface area contributed by atoms with Gasteiger partial charge in [-0.15, -0.1) is 0 Å². The first kappa shape index (κ1) is 43.0. The van der Waals surface area contributed by atoms with Gasteiger partial charge in [-0.2, -0.15) is 4.98 Å². The highest BCUT2D eigenvalue weighted by molar-refractivity contribution is 5.96. The van der Waals surface area contributed by atoms with Crippen molar-refractivity contribution < 1.29 is 38.2 Å². The van der Waals surface area contributed by atoms with Gasteiger partial charge in [0.1, 0.15) is 41.4 Å². The molecule has 0 spiro atoms. The van der Waals surface area contributed by atoms with E-state index >= 15 is 4.79 Å². The van der Waals surface area contributed by atoms with E-state index in [1.165, 1.54) is 0 Å². The van der Waals surface area contributed by atoms with Gasteiger partial charge in [-0.25, -0.2) is 14.6 Å². The van der Waals surface area contributed by atoms with Gasteiger partial charge in [-0.05, 0) is 119 Å². The molecule has 2 aromatic heterocycles. The van der Waals surface area contributed by atoms with Crippen LogP contribution in [0.2, 0.25) is 0 Å². The summed E-state index contributed by atoms with van der Waals surface area (Å²) in [5, 5.41) is 20.5. The number of nitrogens with one attached hydrogen (secondary N) is 3. The van der Waals surface area contributed by atoms with Crippen LogP contribution in [0.1, 0.15) is 117 Å². The lowest BCUT2D eigenvalue weighted by molar-refractivity contribution is -0.147. The minimum Gasteiger partial charge on any atom is -0.497 e. The van der Waals surface area contributed by atoms with Gasteiger partial charge in [-0.1, -0.05) is 51.7 Å². The van der Waals surface area contributed by atoms with E-state index in [0.717, 1.165) is 68.7 Å². The molecule has 14 heteroatoms. The number of hydrogen-bond donors (Lipinski definition) is 4. The fourth-order valence-corrected chi connectivity index (χ4v) is 9.59. The van der Waals surface area contributed by atoms with Crippen molar-refractivity contribution in [3.8, 4) is 17.1 Å². The number of benzene rings is 1. The molecule has 7 rings (SSSR count). The number of rotatable bonds is 9. The third-order valence-electron chi connectivity index (χ3n) is 13.2. The fraction of sp³-hybridized carbons (Fsp3) is 0.609. The lowest BCUT2D eigenvalue weighted by atomic mass is 9.73. The zero-order valence-corrected chi connectivity index (χ0v) is 35.8. The largest absolute Gasteiger partial charge is 0.497 e. The van der Waals surface area contributed by atoms with E-state index in [2.05, 4.69) is 27.0 Å². The molecule has 0 radical (unpaired) electrons. The predicted molar refractivity (Wildman–Crippen MR) is 227 cm³/mol. The molecule has 2 saturated carbocycles. The zero-order chi connectivity index (χ0) is 42.6. The van der Waals surface area contributed by atoms with Crippen molar-refractivity contribution in [1.82, 2.24) is 25.5 Å². The number of carboxylic acids is 1. The highest BCUT2D eigenvalue weighted by Crippen LogP contribution is 2.49. The Hall–Kier alpha value is -5.14. The number of fused-ring (bicyclic) bond motifs is 3. The summed E-state index contributed by atoms with van der Waals surface area (Å²) >= 11 is 0. The summed E-state index contributed by atoms with van der Waals surface area (Å²) in [5.41, 5.74) is 0.494. The van der Waals surface area contributed by atoms with Crippen LogP contribution in [0.4, 0.5) is 10.8 Å². The molecule has 4 N–H and O–H groups in total. The van der Waals surface area contributed by atoms with Crippen molar-refractivity contribution in [1.29, 1.82) is 0 Å². The van der Waals surface area contributed by atoms with Crippen molar-refractivity contribution in [3.63, 3.8) is 0 Å². The molecule has 4 aliphatic rings. The van der Waals surface area contributed by atoms with Crippen molar-refractivity contribution in [2.75, 3.05) is 19.0 Å². The number of carboxylic acid groups (broad SMARTS) is 1. The molecule has 0 bridgehead atoms. The van der Waals surface area contributed by atoms with Gasteiger partial charge >= 0.3 is 12.1 Å². The first-order valence-corrected chi connectivity index (χ1v) is 22.0. The Morgan fingerprint density at radius 1 is 1.00 bits per heavy atom. The lowest BCUT2D eigenvalue weighted by Gasteiger charge is -2.36. The average Bonchev–Trinajstić information content (AvgIpc) is 3.52. The molecule has 2 aliphatic heterocycles. The Kier molecular flexibility index (Phi) is 13.1. The fourth-order valence-electron chi connectivity index (χ4n) is 9.59. The molecule has 3 aromatic rings. The van der Waals surface area contributed by atoms with E-state index in [4.69, 9.17) is 18.9 Å². The van der Waals surface area contributed by atoms with Crippen LogP contribution in [0.3, 0.4) is 0 Å². The van der Waals surface area contributed by atoms with Crippen LogP contribution in [0.5, 0.6) is 5.75 Å². The Balaban J connectivity index is 1.25. The number of aromatic nitrogens is 2. The molecule has 4 heterocycles. The topological polar surface area (TPSA) is 185 Å². The molecule has 1 saturated heterocycles. The summed E-state index contributed by atoms with van der Waals surface area (Å²) in [6.45, 7) is 8.15. The maximum atomic E-state index is 15.0. The molecule has 324 valence electrons. The van der Waals surface area contributed by atoms with Gasteiger partial charge in [0, 0.05) is 24.0 Å². The van der Waals surface area contributed by atoms with Gasteiger partial charge in [0.05, 0.1) is 18.3 Å². The monoisotopic (exact) mass is 826 g/mol. The highest BCUT2D eigenvalue weighted by Gasteiger charge is 2.63. The minimum atomic E-state index is -1.42. The number of pyridine rings is 1. The summed E-state index contributed by atoms with van der Waals surface area (Å²) in [5.74, 6) is -1.84. The standard InChI is InChI=1S/C46H62N6O8/c1-28(2)47-43-49-38(27-59-43)37-23-29(34-21-20-33(58-5)24-36(34)48-37)22-31-26-52-39(45(31,3)4)40(53)51-46(42(55)56)25-30(46)16-12-10-8-6-7-9-11-13-19-35(41(52)54)50-44(57)60-32-17-14-15-18-32/h10,12,20-21,23-24,27-28,30-32,35,39H,6-9,11,13-19,22,25-26H2,1-5H3,(H,47,49)(H,50,57)(H,51,53)(H,55,56)/b12-10-. The molecular weight excluding hydrogens is 765 g/mol. The molecule has 2 aliphatic carbocycles. The summed E-state index contributed by atoms with van der Waals surface area (Å²) in [6, 6.07) is 6.25. The third-order valence-corrected chi connectivity index (χ3v) is 13.2. The van der Waals surface area contributed by atoms with Gasteiger partial charge in [0.15, 0.2) is 0 Å². The second-order valence-corrected chi connectivity index (χ2v) is 18.2. The van der Waals surface area contributed by atoms with Crippen molar-refractivity contribution >= 4 is 40.8 Å². The Bertz CT molecular complexity index is 2070. The lowest BCUT2D eigenvalue weighted by Crippen LogP contribution is -2.59. The van der Waals surface area contributed by atoms with E-state index in [0.29, 0.717) is 60.8 Å². The van der Waals surface area contributed by atoms with Crippen LogP contribution >= 0.6 is 0 Å². The number of nitrogens with zero attached hydrogens (tertiary/aromatic N) is 3. The first-order chi connectivity index (χ1) is 28.8. The number of carbonyl (C=O) groups is 4. The smallest absolute Gasteiger partial charge is 0.408 e. The van der Waals surface area contributed by atoms with Crippen molar-refractivity contribution in [2.24, 2.45) is 17.3 Å². The summed E-state index contributed by atoms with van der Waals surface area (Å²) in [4.78, 5) is 67.3. The first-order valence-electron chi connectivity index (χ1n) is 22.0. The van der Waals surface area contributed by atoms with E-state index in [9.17, 15) is 19.5 Å². The van der Waals surface area contributed by atoms with Gasteiger partial charge in [0.2, 0.25) is 11.8 Å². The molecule has 5 atom stereocenters. The number of aliphatic carboxylic acids is 1. The normalized spacial score (nSPS) is 27.0. The second kappa shape index (κ2) is 18.2. The van der Waals surface area contributed by atoms with E-state index in [-0.39, 0.29) is 36.4 Å². The van der Waals surface area contributed by atoms with E-state index in [1.807, 2.05) is 58.0 Å². The number of oxazole rings is 1. The van der Waals surface area contributed by atoms with Gasteiger partial charge < -0.3 is 39.8 Å². The van der Waals surface area contributed by atoms with Gasteiger partial charge in [0.25, 0.3) is 6.01 Å². The summed E-state index contributed by atoms with van der Waals surface area (Å²) < 4.78 is 17.1. The van der Waals surface area contributed by atoms with Crippen LogP contribution in [0.25, 0.3) is 22.3 Å². The summed E-state index contributed by atoms with van der Waals surface area (Å²) in [6.07, 6.45) is 15.7. The Morgan fingerprint density at radius 3 is 2.50 bits per heavy atom. The van der Waals surface area contributed by atoms with Crippen LogP contribution in [0.15, 0.2) is 47.1 Å². The van der Waals surface area contributed by atoms with Crippen LogP contribution in [0, 0.1) is 17.3 Å². The highest BCUT2D eigenvalue weighted by atomic mass is 16.6. The number of anilines is 1. The molecule has 3 fully saturated rings. The number of methoxy groups -OCH3 is 1. The average molecular weight is 827 g/mol. The second-order valence-electron chi connectivity index (χ2n) is 18.2.